The van der Waals surface area contributed by atoms with Crippen molar-refractivity contribution in [3.63, 3.8) is 0 Å². The molecule has 0 saturated heterocycles. The molecule has 7 heteroatoms. The summed E-state index contributed by atoms with van der Waals surface area (Å²) in [4.78, 5) is 30.2. The van der Waals surface area contributed by atoms with Crippen LogP contribution in [0, 0.1) is 5.92 Å². The topological polar surface area (TPSA) is 101 Å². The lowest BCUT2D eigenvalue weighted by Crippen LogP contribution is -2.40. The summed E-state index contributed by atoms with van der Waals surface area (Å²) in [5.41, 5.74) is 2.68. The van der Waals surface area contributed by atoms with Crippen molar-refractivity contribution in [2.24, 2.45) is 11.8 Å². The number of aromatic amines is 1. The summed E-state index contributed by atoms with van der Waals surface area (Å²) in [6.45, 7) is 5.86. The first-order valence-corrected chi connectivity index (χ1v) is 7.13. The van der Waals surface area contributed by atoms with Crippen LogP contribution in [-0.2, 0) is 11.2 Å². The largest absolute Gasteiger partial charge is 0.301 e. The normalized spacial score (nSPS) is 12.5. The fourth-order valence-corrected chi connectivity index (χ4v) is 2.64. The quantitative estimate of drug-likeness (QED) is 0.236. The molecule has 0 aliphatic heterocycles. The fourth-order valence-electron chi connectivity index (χ4n) is 1.62. The van der Waals surface area contributed by atoms with Crippen molar-refractivity contribution in [3.05, 3.63) is 22.1 Å². The van der Waals surface area contributed by atoms with Gasteiger partial charge in [-0.25, -0.2) is 10.8 Å². The number of nitrogens with zero attached hydrogens (tertiary/aromatic N) is 1. The molecule has 19 heavy (non-hydrogen) atoms. The summed E-state index contributed by atoms with van der Waals surface area (Å²) in [5, 5.41) is 0.0725. The highest BCUT2D eigenvalue weighted by molar-refractivity contribution is 8.00. The molecule has 0 aliphatic carbocycles. The van der Waals surface area contributed by atoms with E-state index in [1.807, 2.05) is 20.8 Å². The number of carbonyl (C=O) groups excluding carboxylic acids is 1. The summed E-state index contributed by atoms with van der Waals surface area (Å²) in [5.74, 6) is 4.97. The highest BCUT2D eigenvalue weighted by atomic mass is 32.2. The molecule has 6 nitrogen and oxygen atoms in total. The second-order valence-corrected chi connectivity index (χ2v) is 5.71. The number of thioether (sulfide) groups is 1. The van der Waals surface area contributed by atoms with Gasteiger partial charge in [-0.1, -0.05) is 39.0 Å². The summed E-state index contributed by atoms with van der Waals surface area (Å²) >= 11 is 1.22. The number of nitrogens with one attached hydrogen (secondary N) is 2. The van der Waals surface area contributed by atoms with Gasteiger partial charge in [0.05, 0.1) is 5.25 Å². The van der Waals surface area contributed by atoms with Crippen LogP contribution in [0.1, 0.15) is 32.9 Å². The van der Waals surface area contributed by atoms with Crippen LogP contribution < -0.4 is 16.8 Å². The van der Waals surface area contributed by atoms with E-state index in [9.17, 15) is 9.59 Å². The van der Waals surface area contributed by atoms with Crippen LogP contribution in [0.4, 0.5) is 0 Å². The van der Waals surface area contributed by atoms with E-state index in [2.05, 4.69) is 15.4 Å². The van der Waals surface area contributed by atoms with Gasteiger partial charge < -0.3 is 4.98 Å². The van der Waals surface area contributed by atoms with E-state index in [4.69, 9.17) is 5.84 Å². The van der Waals surface area contributed by atoms with Gasteiger partial charge >= 0.3 is 0 Å². The molecule has 0 aliphatic rings. The zero-order valence-electron chi connectivity index (χ0n) is 11.4. The Morgan fingerprint density at radius 2 is 2.26 bits per heavy atom. The van der Waals surface area contributed by atoms with Crippen LogP contribution in [0.2, 0.25) is 0 Å². The predicted molar refractivity (Wildman–Crippen MR) is 75.7 cm³/mol. The number of aryl methyl sites for hydroxylation is 1. The van der Waals surface area contributed by atoms with Gasteiger partial charge in [0.2, 0.25) is 5.91 Å². The molecule has 1 unspecified atom stereocenters. The zero-order valence-corrected chi connectivity index (χ0v) is 12.2. The van der Waals surface area contributed by atoms with E-state index in [0.717, 1.165) is 18.5 Å². The van der Waals surface area contributed by atoms with Crippen LogP contribution in [-0.4, -0.2) is 21.1 Å². The fraction of sp³-hybridized carbons (Fsp3) is 0.583. The molecule has 4 N–H and O–H groups in total. The monoisotopic (exact) mass is 284 g/mol. The number of rotatable bonds is 6. The Morgan fingerprint density at radius 3 is 2.79 bits per heavy atom. The molecular weight excluding hydrogens is 264 g/mol. The Bertz CT molecular complexity index is 487. The first-order chi connectivity index (χ1) is 8.97. The minimum Gasteiger partial charge on any atom is -0.301 e. The summed E-state index contributed by atoms with van der Waals surface area (Å²) < 4.78 is 0. The Hall–Kier alpha value is -1.34. The Morgan fingerprint density at radius 1 is 1.58 bits per heavy atom. The van der Waals surface area contributed by atoms with Crippen molar-refractivity contribution in [1.82, 2.24) is 15.4 Å². The number of hydrazine groups is 1. The maximum atomic E-state index is 11.7. The molecule has 0 saturated carbocycles. The lowest BCUT2D eigenvalue weighted by Gasteiger charge is -2.17. The van der Waals surface area contributed by atoms with Crippen LogP contribution >= 0.6 is 11.8 Å². The zero-order chi connectivity index (χ0) is 14.4. The SMILES string of the molecule is CCCc1cc(=O)[nH]c(SC(C(=O)NN)C(C)C)n1. The average Bonchev–Trinajstić information content (AvgIpc) is 2.34. The van der Waals surface area contributed by atoms with Crippen LogP contribution in [0.15, 0.2) is 16.0 Å². The lowest BCUT2D eigenvalue weighted by atomic mass is 10.1. The molecule has 0 bridgehead atoms. The first kappa shape index (κ1) is 15.7. The predicted octanol–water partition coefficient (Wildman–Crippen LogP) is 0.829. The minimum absolute atomic E-state index is 0.0775. The van der Waals surface area contributed by atoms with E-state index in [1.165, 1.54) is 17.8 Å². The molecule has 0 spiro atoms. The highest BCUT2D eigenvalue weighted by Crippen LogP contribution is 2.25. The number of hydrogen-bond acceptors (Lipinski definition) is 5. The van der Waals surface area contributed by atoms with E-state index in [-0.39, 0.29) is 22.6 Å². The van der Waals surface area contributed by atoms with Gasteiger partial charge in [-0.3, -0.25) is 15.0 Å². The van der Waals surface area contributed by atoms with Crippen LogP contribution in [0.5, 0.6) is 0 Å². The van der Waals surface area contributed by atoms with E-state index in [1.54, 1.807) is 0 Å². The molecule has 1 amide bonds. The van der Waals surface area contributed by atoms with Gasteiger partial charge in [-0.05, 0) is 12.3 Å². The standard InChI is InChI=1S/C12H20N4O2S/c1-4-5-8-6-9(17)15-12(14-8)19-10(7(2)3)11(18)16-13/h6-7,10H,4-5,13H2,1-3H3,(H,16,18)(H,14,15,17). The highest BCUT2D eigenvalue weighted by Gasteiger charge is 2.23. The average molecular weight is 284 g/mol. The van der Waals surface area contributed by atoms with Crippen LogP contribution in [0.25, 0.3) is 0 Å². The van der Waals surface area contributed by atoms with Gasteiger partial charge in [0, 0.05) is 11.8 Å². The molecule has 0 fully saturated rings. The lowest BCUT2D eigenvalue weighted by molar-refractivity contribution is -0.121. The second-order valence-electron chi connectivity index (χ2n) is 4.58. The Balaban J connectivity index is 2.96. The van der Waals surface area contributed by atoms with Gasteiger partial charge in [0.1, 0.15) is 0 Å². The van der Waals surface area contributed by atoms with Crippen molar-refractivity contribution < 1.29 is 4.79 Å². The number of H-pyrrole nitrogens is 1. The molecular formula is C12H20N4O2S. The minimum atomic E-state index is -0.384. The third kappa shape index (κ3) is 4.68. The smallest absolute Gasteiger partial charge is 0.251 e. The van der Waals surface area contributed by atoms with Crippen molar-refractivity contribution in [2.75, 3.05) is 0 Å². The molecule has 0 aromatic carbocycles. The molecule has 1 aromatic heterocycles. The second kappa shape index (κ2) is 7.30. The third-order valence-corrected chi connectivity index (χ3v) is 3.95. The molecule has 1 heterocycles. The first-order valence-electron chi connectivity index (χ1n) is 6.25. The number of nitrogens with two attached hydrogens (primary N) is 1. The summed E-state index contributed by atoms with van der Waals surface area (Å²) in [6, 6.07) is 1.49. The van der Waals surface area contributed by atoms with Crippen molar-refractivity contribution in [2.45, 2.75) is 44.0 Å². The van der Waals surface area contributed by atoms with E-state index < -0.39 is 0 Å². The molecule has 1 rings (SSSR count). The van der Waals surface area contributed by atoms with Gasteiger partial charge in [0.25, 0.3) is 5.56 Å². The Kier molecular flexibility index (Phi) is 6.04. The maximum Gasteiger partial charge on any atom is 0.251 e. The van der Waals surface area contributed by atoms with Gasteiger partial charge in [-0.15, -0.1) is 0 Å². The van der Waals surface area contributed by atoms with Gasteiger partial charge in [0.15, 0.2) is 5.16 Å². The van der Waals surface area contributed by atoms with E-state index in [0.29, 0.717) is 5.16 Å². The number of hydrogen-bond donors (Lipinski definition) is 3. The van der Waals surface area contributed by atoms with Crippen molar-refractivity contribution in [1.29, 1.82) is 0 Å². The summed E-state index contributed by atoms with van der Waals surface area (Å²) in [7, 11) is 0. The molecule has 106 valence electrons. The van der Waals surface area contributed by atoms with Crippen LogP contribution in [0.3, 0.4) is 0 Å². The molecule has 0 radical (unpaired) electrons. The number of carbonyl (C=O) groups is 1. The van der Waals surface area contributed by atoms with Crippen molar-refractivity contribution >= 4 is 17.7 Å². The molecule has 1 atom stereocenters. The number of amides is 1. The maximum absolute atomic E-state index is 11.7. The number of aromatic nitrogens is 2. The third-order valence-electron chi connectivity index (χ3n) is 2.52. The molecule has 1 aromatic rings. The van der Waals surface area contributed by atoms with Gasteiger partial charge in [-0.2, -0.15) is 0 Å². The van der Waals surface area contributed by atoms with E-state index >= 15 is 0 Å². The van der Waals surface area contributed by atoms with Crippen molar-refractivity contribution in [3.8, 4) is 0 Å². The summed E-state index contributed by atoms with van der Waals surface area (Å²) in [6.07, 6.45) is 1.66. The Labute approximate surface area is 116 Å².